The average molecular weight is 336 g/mol. The third kappa shape index (κ3) is 4.56. The van der Waals surface area contributed by atoms with Gasteiger partial charge in [0, 0.05) is 23.9 Å². The van der Waals surface area contributed by atoms with E-state index < -0.39 is 0 Å². The van der Waals surface area contributed by atoms with E-state index in [0.717, 1.165) is 17.8 Å². The molecule has 0 saturated heterocycles. The first-order valence-corrected chi connectivity index (χ1v) is 8.14. The van der Waals surface area contributed by atoms with Gasteiger partial charge in [0.2, 0.25) is 0 Å². The first-order chi connectivity index (χ1) is 11.0. The monoisotopic (exact) mass is 335 g/mol. The van der Waals surface area contributed by atoms with Gasteiger partial charge in [0.05, 0.1) is 5.69 Å². The molecule has 1 heterocycles. The summed E-state index contributed by atoms with van der Waals surface area (Å²) in [7, 11) is 0. The molecule has 0 bridgehead atoms. The predicted molar refractivity (Wildman–Crippen MR) is 91.1 cm³/mol. The van der Waals surface area contributed by atoms with Gasteiger partial charge in [-0.25, -0.2) is 4.68 Å². The van der Waals surface area contributed by atoms with Crippen LogP contribution >= 0.6 is 11.6 Å². The number of nitrogens with zero attached hydrogens (tertiary/aromatic N) is 2. The number of benzene rings is 1. The summed E-state index contributed by atoms with van der Waals surface area (Å²) in [6.07, 6.45) is 1.60. The molecule has 0 aliphatic carbocycles. The highest BCUT2D eigenvalue weighted by molar-refractivity contribution is 6.30. The fourth-order valence-electron chi connectivity index (χ4n) is 2.42. The molecule has 0 radical (unpaired) electrons. The smallest absolute Gasteiger partial charge is 0.271 e. The topological polar surface area (TPSA) is 67.2 Å². The highest BCUT2D eigenvalue weighted by Crippen LogP contribution is 2.17. The van der Waals surface area contributed by atoms with Crippen LogP contribution in [0.4, 0.5) is 0 Å². The van der Waals surface area contributed by atoms with Crippen molar-refractivity contribution in [3.63, 3.8) is 0 Å². The van der Waals surface area contributed by atoms with E-state index in [-0.39, 0.29) is 18.4 Å². The first kappa shape index (κ1) is 17.5. The van der Waals surface area contributed by atoms with Gasteiger partial charge in [-0.2, -0.15) is 5.10 Å². The maximum atomic E-state index is 12.3. The van der Waals surface area contributed by atoms with E-state index in [1.807, 2.05) is 26.0 Å². The quantitative estimate of drug-likeness (QED) is 0.817. The number of hydrogen-bond acceptors (Lipinski definition) is 3. The van der Waals surface area contributed by atoms with Crippen LogP contribution in [-0.2, 0) is 0 Å². The maximum Gasteiger partial charge on any atom is 0.271 e. The lowest BCUT2D eigenvalue weighted by Crippen LogP contribution is -2.30. The number of aliphatic hydroxyl groups is 1. The number of carbonyl (C=O) groups is 1. The van der Waals surface area contributed by atoms with Crippen molar-refractivity contribution in [2.24, 2.45) is 5.92 Å². The second-order valence-corrected chi connectivity index (χ2v) is 6.00. The molecule has 124 valence electrons. The number of aliphatic hydroxyl groups excluding tert-OH is 1. The van der Waals surface area contributed by atoms with E-state index in [9.17, 15) is 4.79 Å². The van der Waals surface area contributed by atoms with Gasteiger partial charge in [0.1, 0.15) is 0 Å². The molecule has 2 N–H and O–H groups in total. The lowest BCUT2D eigenvalue weighted by molar-refractivity contribution is 0.0938. The Kier molecular flexibility index (Phi) is 6.19. The van der Waals surface area contributed by atoms with Crippen molar-refractivity contribution in [2.75, 3.05) is 13.2 Å². The number of aryl methyl sites for hydroxylation is 1. The summed E-state index contributed by atoms with van der Waals surface area (Å²) in [5.41, 5.74) is 2.06. The lowest BCUT2D eigenvalue weighted by Gasteiger charge is -2.13. The van der Waals surface area contributed by atoms with Gasteiger partial charge in [-0.15, -0.1) is 0 Å². The molecule has 0 fully saturated rings. The third-order valence-corrected chi connectivity index (χ3v) is 4.07. The second kappa shape index (κ2) is 8.13. The molecule has 0 spiro atoms. The number of carbonyl (C=O) groups excluding carboxylic acids is 1. The molecule has 0 aliphatic heterocycles. The Hall–Kier alpha value is -1.85. The van der Waals surface area contributed by atoms with Crippen LogP contribution in [0.25, 0.3) is 5.69 Å². The van der Waals surface area contributed by atoms with E-state index in [0.29, 0.717) is 23.7 Å². The Bertz CT molecular complexity index is 670. The average Bonchev–Trinajstić information content (AvgIpc) is 2.93. The molecule has 5 nitrogen and oxygen atoms in total. The van der Waals surface area contributed by atoms with Crippen LogP contribution in [0.5, 0.6) is 0 Å². The van der Waals surface area contributed by atoms with E-state index in [1.165, 1.54) is 0 Å². The summed E-state index contributed by atoms with van der Waals surface area (Å²) in [4.78, 5) is 12.3. The van der Waals surface area contributed by atoms with Gasteiger partial charge in [-0.05, 0) is 43.5 Å². The molecule has 0 aliphatic rings. The molecule has 23 heavy (non-hydrogen) atoms. The van der Waals surface area contributed by atoms with Crippen molar-refractivity contribution in [2.45, 2.75) is 26.7 Å². The number of rotatable bonds is 7. The van der Waals surface area contributed by atoms with E-state index in [1.54, 1.807) is 22.9 Å². The highest BCUT2D eigenvalue weighted by Gasteiger charge is 2.15. The van der Waals surface area contributed by atoms with Crippen molar-refractivity contribution in [1.29, 1.82) is 0 Å². The van der Waals surface area contributed by atoms with Crippen molar-refractivity contribution in [3.8, 4) is 5.69 Å². The summed E-state index contributed by atoms with van der Waals surface area (Å²) in [6.45, 7) is 4.62. The molecule has 1 aromatic heterocycles. The van der Waals surface area contributed by atoms with Gasteiger partial charge >= 0.3 is 0 Å². The van der Waals surface area contributed by atoms with Crippen molar-refractivity contribution in [1.82, 2.24) is 15.1 Å². The van der Waals surface area contributed by atoms with E-state index in [2.05, 4.69) is 10.4 Å². The first-order valence-electron chi connectivity index (χ1n) is 7.76. The summed E-state index contributed by atoms with van der Waals surface area (Å²) >= 11 is 6.01. The lowest BCUT2D eigenvalue weighted by atomic mass is 10.0. The molecule has 1 atom stereocenters. The number of halogens is 1. The van der Waals surface area contributed by atoms with Gasteiger partial charge in [0.15, 0.2) is 5.69 Å². The molecular formula is C17H22ClN3O2. The molecule has 1 amide bonds. The Labute approximate surface area is 141 Å². The van der Waals surface area contributed by atoms with Crippen LogP contribution in [0.15, 0.2) is 30.3 Å². The zero-order chi connectivity index (χ0) is 16.8. The van der Waals surface area contributed by atoms with Gasteiger partial charge < -0.3 is 10.4 Å². The summed E-state index contributed by atoms with van der Waals surface area (Å²) in [5.74, 6) is 0.0744. The minimum Gasteiger partial charge on any atom is -0.396 e. The Morgan fingerprint density at radius 2 is 2.22 bits per heavy atom. The van der Waals surface area contributed by atoms with Gasteiger partial charge in [-0.1, -0.05) is 31.0 Å². The number of nitrogens with one attached hydrogen (secondary N) is 1. The summed E-state index contributed by atoms with van der Waals surface area (Å²) < 4.78 is 1.70. The number of amides is 1. The summed E-state index contributed by atoms with van der Waals surface area (Å²) in [6, 6.07) is 9.09. The molecule has 0 saturated carbocycles. The standard InChI is InChI=1S/C17H22ClN3O2/c1-3-13(7-8-22)11-19-17(23)16-9-12(2)21(20-16)15-6-4-5-14(18)10-15/h4-6,9-10,13,22H,3,7-8,11H2,1-2H3,(H,19,23). The highest BCUT2D eigenvalue weighted by atomic mass is 35.5. The third-order valence-electron chi connectivity index (χ3n) is 3.84. The van der Waals surface area contributed by atoms with Crippen LogP contribution in [0, 0.1) is 12.8 Å². The maximum absolute atomic E-state index is 12.3. The SMILES string of the molecule is CCC(CCO)CNC(=O)c1cc(C)n(-c2cccc(Cl)c2)n1. The molecule has 6 heteroatoms. The summed E-state index contributed by atoms with van der Waals surface area (Å²) in [5, 5.41) is 16.9. The second-order valence-electron chi connectivity index (χ2n) is 5.56. The van der Waals surface area contributed by atoms with Crippen molar-refractivity contribution in [3.05, 3.63) is 46.7 Å². The van der Waals surface area contributed by atoms with Gasteiger partial charge in [0.25, 0.3) is 5.91 Å². The van der Waals surface area contributed by atoms with Crippen LogP contribution < -0.4 is 5.32 Å². The predicted octanol–water partition coefficient (Wildman–Crippen LogP) is 2.97. The van der Waals surface area contributed by atoms with Gasteiger partial charge in [-0.3, -0.25) is 4.79 Å². The largest absolute Gasteiger partial charge is 0.396 e. The molecular weight excluding hydrogens is 314 g/mol. The van der Waals surface area contributed by atoms with Crippen molar-refractivity contribution >= 4 is 17.5 Å². The minimum atomic E-state index is -0.203. The Morgan fingerprint density at radius 1 is 1.43 bits per heavy atom. The van der Waals surface area contributed by atoms with Crippen LogP contribution in [0.3, 0.4) is 0 Å². The van der Waals surface area contributed by atoms with Crippen LogP contribution in [0.2, 0.25) is 5.02 Å². The van der Waals surface area contributed by atoms with Crippen molar-refractivity contribution < 1.29 is 9.90 Å². The number of aromatic nitrogens is 2. The number of hydrogen-bond donors (Lipinski definition) is 2. The zero-order valence-electron chi connectivity index (χ0n) is 13.4. The fraction of sp³-hybridized carbons (Fsp3) is 0.412. The van der Waals surface area contributed by atoms with Crippen LogP contribution in [-0.4, -0.2) is 33.9 Å². The Balaban J connectivity index is 2.09. The minimum absolute atomic E-state index is 0.136. The zero-order valence-corrected chi connectivity index (χ0v) is 14.2. The van der Waals surface area contributed by atoms with E-state index >= 15 is 0 Å². The normalized spacial score (nSPS) is 12.2. The van der Waals surface area contributed by atoms with Crippen LogP contribution in [0.1, 0.15) is 35.9 Å². The molecule has 1 unspecified atom stereocenters. The van der Waals surface area contributed by atoms with E-state index in [4.69, 9.17) is 16.7 Å². The Morgan fingerprint density at radius 3 is 2.87 bits per heavy atom. The molecule has 2 rings (SSSR count). The molecule has 2 aromatic rings. The molecule has 1 aromatic carbocycles. The fourth-order valence-corrected chi connectivity index (χ4v) is 2.60.